The molecule has 0 amide bonds. The van der Waals surface area contributed by atoms with Crippen LogP contribution in [-0.2, 0) is 17.9 Å². The average molecular weight is 564 g/mol. The second-order valence-corrected chi connectivity index (χ2v) is 10.2. The molecule has 3 aromatic heterocycles. The lowest BCUT2D eigenvalue weighted by atomic mass is 9.98. The Bertz CT molecular complexity index is 2120. The van der Waals surface area contributed by atoms with Gasteiger partial charge in [-0.15, -0.1) is 5.10 Å². The molecule has 1 saturated heterocycles. The summed E-state index contributed by atoms with van der Waals surface area (Å²) >= 11 is 0. The standard InChI is InChI=1S/C29H22FN9O3/c30-21-10-18(11-26-27(21)35-36-39(26)20-3-4-22-23(12-20)34-29(42)33-22)24-5-7-32-38(24)15-17-2-1-16(13-31)9-19(17)14-37-8-6-25(37)28(40)41/h1-5,7,9-12,25H,6,8,14-15H2,(H,40,41)(H2,33,34,42). The van der Waals surface area contributed by atoms with Crippen LogP contribution in [0.1, 0.15) is 23.1 Å². The van der Waals surface area contributed by atoms with E-state index in [-0.39, 0.29) is 11.2 Å². The monoisotopic (exact) mass is 563 g/mol. The Balaban J connectivity index is 1.25. The van der Waals surface area contributed by atoms with E-state index in [4.69, 9.17) is 0 Å². The number of aromatic nitrogens is 7. The Morgan fingerprint density at radius 1 is 1.07 bits per heavy atom. The van der Waals surface area contributed by atoms with E-state index < -0.39 is 17.8 Å². The van der Waals surface area contributed by atoms with Crippen molar-refractivity contribution in [2.24, 2.45) is 0 Å². The maximum Gasteiger partial charge on any atom is 0.323 e. The zero-order valence-electron chi connectivity index (χ0n) is 22.0. The minimum Gasteiger partial charge on any atom is -0.480 e. The van der Waals surface area contributed by atoms with E-state index >= 15 is 4.39 Å². The quantitative estimate of drug-likeness (QED) is 0.267. The van der Waals surface area contributed by atoms with Crippen LogP contribution in [0.2, 0.25) is 0 Å². The third kappa shape index (κ3) is 4.30. The number of carboxylic acids is 1. The number of hydrogen-bond acceptors (Lipinski definition) is 7. The number of nitriles is 1. The number of H-pyrrole nitrogens is 2. The fraction of sp³-hybridized carbons (Fsp3) is 0.172. The molecule has 7 rings (SSSR count). The molecule has 1 atom stereocenters. The fourth-order valence-corrected chi connectivity index (χ4v) is 5.46. The molecule has 42 heavy (non-hydrogen) atoms. The van der Waals surface area contributed by atoms with Gasteiger partial charge in [-0.2, -0.15) is 10.4 Å². The molecule has 1 aliphatic rings. The number of fused-ring (bicyclic) bond motifs is 2. The van der Waals surface area contributed by atoms with E-state index in [9.17, 15) is 20.0 Å². The molecule has 13 heteroatoms. The smallest absolute Gasteiger partial charge is 0.323 e. The number of carboxylic acid groups (broad SMARTS) is 1. The second kappa shape index (κ2) is 9.79. The summed E-state index contributed by atoms with van der Waals surface area (Å²) in [4.78, 5) is 30.5. The van der Waals surface area contributed by atoms with Gasteiger partial charge in [0, 0.05) is 24.8 Å². The molecule has 3 N–H and O–H groups in total. The molecule has 0 aliphatic carbocycles. The minimum absolute atomic E-state index is 0.101. The van der Waals surface area contributed by atoms with Gasteiger partial charge in [0.2, 0.25) is 0 Å². The van der Waals surface area contributed by atoms with Gasteiger partial charge in [0.25, 0.3) is 0 Å². The summed E-state index contributed by atoms with van der Waals surface area (Å²) in [6.07, 6.45) is 2.21. The van der Waals surface area contributed by atoms with Gasteiger partial charge >= 0.3 is 11.7 Å². The van der Waals surface area contributed by atoms with Gasteiger partial charge in [0.1, 0.15) is 11.6 Å². The number of aromatic amines is 2. The highest BCUT2D eigenvalue weighted by Gasteiger charge is 2.34. The number of rotatable bonds is 7. The Hall–Kier alpha value is -5.61. The number of likely N-dealkylation sites (tertiary alicyclic amines) is 1. The molecule has 6 aromatic rings. The van der Waals surface area contributed by atoms with Crippen molar-refractivity contribution in [3.8, 4) is 23.0 Å². The van der Waals surface area contributed by atoms with E-state index in [1.54, 1.807) is 53.3 Å². The Labute approximate surface area is 236 Å². The molecular weight excluding hydrogens is 541 g/mol. The van der Waals surface area contributed by atoms with Crippen LogP contribution in [0.5, 0.6) is 0 Å². The van der Waals surface area contributed by atoms with Crippen molar-refractivity contribution < 1.29 is 14.3 Å². The highest BCUT2D eigenvalue weighted by Crippen LogP contribution is 2.29. The van der Waals surface area contributed by atoms with Crippen LogP contribution >= 0.6 is 0 Å². The number of nitrogens with one attached hydrogen (secondary N) is 2. The lowest BCUT2D eigenvalue weighted by Crippen LogP contribution is -2.51. The highest BCUT2D eigenvalue weighted by atomic mass is 19.1. The summed E-state index contributed by atoms with van der Waals surface area (Å²) in [6.45, 7) is 1.37. The zero-order chi connectivity index (χ0) is 29.0. The fourth-order valence-electron chi connectivity index (χ4n) is 5.46. The average Bonchev–Trinajstić information content (AvgIpc) is 3.68. The first-order valence-corrected chi connectivity index (χ1v) is 13.2. The van der Waals surface area contributed by atoms with Crippen molar-refractivity contribution in [1.82, 2.24) is 39.6 Å². The maximum atomic E-state index is 15.3. The highest BCUT2D eigenvalue weighted by molar-refractivity contribution is 5.84. The van der Waals surface area contributed by atoms with Gasteiger partial charge in [-0.1, -0.05) is 11.3 Å². The predicted molar refractivity (Wildman–Crippen MR) is 149 cm³/mol. The molecule has 0 bridgehead atoms. The summed E-state index contributed by atoms with van der Waals surface area (Å²) in [6, 6.07) is 17.1. The first-order chi connectivity index (χ1) is 20.4. The number of carbonyl (C=O) groups is 1. The number of halogens is 1. The van der Waals surface area contributed by atoms with Crippen molar-refractivity contribution >= 4 is 28.0 Å². The molecule has 12 nitrogen and oxygen atoms in total. The van der Waals surface area contributed by atoms with Crippen LogP contribution in [0.4, 0.5) is 4.39 Å². The summed E-state index contributed by atoms with van der Waals surface area (Å²) < 4.78 is 18.6. The van der Waals surface area contributed by atoms with Gasteiger partial charge in [0.15, 0.2) is 5.82 Å². The van der Waals surface area contributed by atoms with E-state index in [2.05, 4.69) is 31.4 Å². The molecule has 4 heterocycles. The van der Waals surface area contributed by atoms with Gasteiger partial charge < -0.3 is 15.1 Å². The van der Waals surface area contributed by atoms with Crippen molar-refractivity contribution in [1.29, 1.82) is 5.26 Å². The van der Waals surface area contributed by atoms with Crippen molar-refractivity contribution in [3.63, 3.8) is 0 Å². The zero-order valence-corrected chi connectivity index (χ0v) is 22.0. The lowest BCUT2D eigenvalue weighted by molar-refractivity contribution is -0.148. The largest absolute Gasteiger partial charge is 0.480 e. The molecule has 208 valence electrons. The molecular formula is C29H22FN9O3. The van der Waals surface area contributed by atoms with Gasteiger partial charge in [-0.3, -0.25) is 14.4 Å². The number of aliphatic carboxylic acids is 1. The number of imidazole rings is 1. The van der Waals surface area contributed by atoms with Crippen LogP contribution < -0.4 is 5.69 Å². The van der Waals surface area contributed by atoms with Crippen molar-refractivity contribution in [2.45, 2.75) is 25.6 Å². The SMILES string of the molecule is N#Cc1ccc(Cn2nccc2-c2cc(F)c3nnn(-c4ccc5[nH]c(=O)[nH]c5c4)c3c2)c(CN2CCC2C(=O)O)c1. The number of benzene rings is 3. The predicted octanol–water partition coefficient (Wildman–Crippen LogP) is 3.17. The van der Waals surface area contributed by atoms with Gasteiger partial charge in [-0.25, -0.2) is 13.9 Å². The first kappa shape index (κ1) is 25.4. The first-order valence-electron chi connectivity index (χ1n) is 13.2. The van der Waals surface area contributed by atoms with Gasteiger partial charge in [-0.05, 0) is 66.1 Å². The molecule has 0 radical (unpaired) electrons. The lowest BCUT2D eigenvalue weighted by Gasteiger charge is -2.38. The molecule has 1 fully saturated rings. The van der Waals surface area contributed by atoms with E-state index in [1.807, 2.05) is 11.0 Å². The Morgan fingerprint density at radius 2 is 1.93 bits per heavy atom. The summed E-state index contributed by atoms with van der Waals surface area (Å²) in [5.74, 6) is -1.41. The van der Waals surface area contributed by atoms with Crippen LogP contribution in [0.3, 0.4) is 0 Å². The molecule has 3 aromatic carbocycles. The number of hydrogen-bond donors (Lipinski definition) is 3. The maximum absolute atomic E-state index is 15.3. The summed E-state index contributed by atoms with van der Waals surface area (Å²) in [5, 5.41) is 31.6. The minimum atomic E-state index is -0.860. The van der Waals surface area contributed by atoms with Crippen LogP contribution in [0.25, 0.3) is 39.0 Å². The molecule has 1 unspecified atom stereocenters. The summed E-state index contributed by atoms with van der Waals surface area (Å²) in [7, 11) is 0. The van der Waals surface area contributed by atoms with E-state index in [0.717, 1.165) is 11.1 Å². The van der Waals surface area contributed by atoms with E-state index in [1.165, 1.54) is 10.7 Å². The van der Waals surface area contributed by atoms with Crippen LogP contribution in [-0.4, -0.2) is 63.3 Å². The summed E-state index contributed by atoms with van der Waals surface area (Å²) in [5.41, 5.74) is 5.43. The van der Waals surface area contributed by atoms with E-state index in [0.29, 0.717) is 65.1 Å². The molecule has 1 aliphatic heterocycles. The molecule has 0 saturated carbocycles. The number of nitrogens with zero attached hydrogens (tertiary/aromatic N) is 7. The van der Waals surface area contributed by atoms with Crippen molar-refractivity contribution in [3.05, 3.63) is 93.8 Å². The van der Waals surface area contributed by atoms with Crippen molar-refractivity contribution in [2.75, 3.05) is 6.54 Å². The van der Waals surface area contributed by atoms with Gasteiger partial charge in [0.05, 0.1) is 46.1 Å². The normalized spacial score (nSPS) is 15.2. The topological polar surface area (TPSA) is 162 Å². The second-order valence-electron chi connectivity index (χ2n) is 10.2. The van der Waals surface area contributed by atoms with Crippen LogP contribution in [0.15, 0.2) is 65.6 Å². The third-order valence-electron chi connectivity index (χ3n) is 7.71. The third-order valence-corrected chi connectivity index (χ3v) is 7.71. The molecule has 0 spiro atoms. The van der Waals surface area contributed by atoms with Crippen LogP contribution in [0, 0.1) is 17.1 Å². The Kier molecular flexibility index (Phi) is 5.91. The Morgan fingerprint density at radius 3 is 2.71 bits per heavy atom.